The first-order valence-corrected chi connectivity index (χ1v) is 12.2. The highest BCUT2D eigenvalue weighted by Crippen LogP contribution is 2.32. The summed E-state index contributed by atoms with van der Waals surface area (Å²) in [5.41, 5.74) is 5.40. The van der Waals surface area contributed by atoms with Crippen molar-refractivity contribution in [2.24, 2.45) is 5.90 Å². The van der Waals surface area contributed by atoms with E-state index in [1.807, 2.05) is 44.2 Å². The zero-order valence-corrected chi connectivity index (χ0v) is 21.8. The molecule has 2 amide bonds. The Kier molecular flexibility index (Phi) is 7.50. The molecule has 0 aliphatic carbocycles. The monoisotopic (exact) mass is 509 g/mol. The second-order valence-electron chi connectivity index (χ2n) is 9.83. The van der Waals surface area contributed by atoms with Gasteiger partial charge in [-0.25, -0.2) is 0 Å². The van der Waals surface area contributed by atoms with Crippen LogP contribution in [0.5, 0.6) is 11.5 Å². The molecular formula is C31H31N3O4. The standard InChI is InChI=1S/C31H31N3O4/c1-19-5-15-27(35)25(17-19)33-29(36)21-7-11-23(12-8-21)31(3,4)24-13-9-22(10-14-24)30(37)34-26-18-20(2)6-16-28(26)38-32/h5-18,35H,32H2,1-4H3,(H,33,36)(H,34,37). The summed E-state index contributed by atoms with van der Waals surface area (Å²) in [5, 5.41) is 15.6. The predicted molar refractivity (Wildman–Crippen MR) is 150 cm³/mol. The Morgan fingerprint density at radius 2 is 1.16 bits per heavy atom. The molecule has 4 rings (SSSR count). The lowest BCUT2D eigenvalue weighted by Crippen LogP contribution is -2.20. The number of anilines is 2. The van der Waals surface area contributed by atoms with E-state index in [4.69, 9.17) is 10.7 Å². The van der Waals surface area contributed by atoms with Gasteiger partial charge in [-0.2, -0.15) is 5.90 Å². The molecule has 0 saturated heterocycles. The molecule has 38 heavy (non-hydrogen) atoms. The number of amides is 2. The zero-order valence-electron chi connectivity index (χ0n) is 21.8. The van der Waals surface area contributed by atoms with Crippen LogP contribution in [0, 0.1) is 13.8 Å². The van der Waals surface area contributed by atoms with E-state index < -0.39 is 0 Å². The third-order valence-electron chi connectivity index (χ3n) is 6.65. The lowest BCUT2D eigenvalue weighted by atomic mass is 9.77. The third kappa shape index (κ3) is 5.68. The van der Waals surface area contributed by atoms with E-state index in [9.17, 15) is 14.7 Å². The number of aromatic hydroxyl groups is 1. The Morgan fingerprint density at radius 3 is 1.66 bits per heavy atom. The lowest BCUT2D eigenvalue weighted by molar-refractivity contribution is 0.101. The van der Waals surface area contributed by atoms with Crippen molar-refractivity contribution in [3.8, 4) is 11.5 Å². The highest BCUT2D eigenvalue weighted by molar-refractivity contribution is 6.05. The Morgan fingerprint density at radius 1 is 0.711 bits per heavy atom. The molecule has 0 atom stereocenters. The van der Waals surface area contributed by atoms with Gasteiger partial charge in [0.25, 0.3) is 11.8 Å². The Labute approximate surface area is 222 Å². The Hall–Kier alpha value is -4.62. The number of hydrogen-bond donors (Lipinski definition) is 4. The summed E-state index contributed by atoms with van der Waals surface area (Å²) < 4.78 is 0. The maximum Gasteiger partial charge on any atom is 0.255 e. The fraction of sp³-hybridized carbons (Fsp3) is 0.161. The number of benzene rings is 4. The number of hydrogen-bond acceptors (Lipinski definition) is 5. The van der Waals surface area contributed by atoms with Gasteiger partial charge in [0, 0.05) is 16.5 Å². The molecule has 0 heterocycles. The number of aryl methyl sites for hydroxylation is 2. The van der Waals surface area contributed by atoms with Crippen molar-refractivity contribution in [1.29, 1.82) is 0 Å². The van der Waals surface area contributed by atoms with Crippen LogP contribution in [0.25, 0.3) is 0 Å². The quantitative estimate of drug-likeness (QED) is 0.178. The first kappa shape index (κ1) is 26.4. The van der Waals surface area contributed by atoms with Crippen molar-refractivity contribution in [2.75, 3.05) is 10.6 Å². The van der Waals surface area contributed by atoms with Gasteiger partial charge in [0.15, 0.2) is 5.75 Å². The number of phenolic OH excluding ortho intramolecular Hbond substituents is 1. The summed E-state index contributed by atoms with van der Waals surface area (Å²) in [5.74, 6) is 5.16. The molecular weight excluding hydrogens is 478 g/mol. The van der Waals surface area contributed by atoms with Crippen LogP contribution in [0.3, 0.4) is 0 Å². The average molecular weight is 510 g/mol. The smallest absolute Gasteiger partial charge is 0.255 e. The largest absolute Gasteiger partial charge is 0.506 e. The number of rotatable bonds is 7. The van der Waals surface area contributed by atoms with Crippen molar-refractivity contribution in [2.45, 2.75) is 33.1 Å². The van der Waals surface area contributed by atoms with Crippen LogP contribution in [0.1, 0.15) is 56.8 Å². The van der Waals surface area contributed by atoms with Gasteiger partial charge in [-0.3, -0.25) is 9.59 Å². The zero-order chi connectivity index (χ0) is 27.4. The van der Waals surface area contributed by atoms with Crippen LogP contribution >= 0.6 is 0 Å². The van der Waals surface area contributed by atoms with Crippen molar-refractivity contribution < 1.29 is 19.5 Å². The number of carbonyl (C=O) groups excluding carboxylic acids is 2. The minimum absolute atomic E-state index is 0.0193. The summed E-state index contributed by atoms with van der Waals surface area (Å²) in [6.45, 7) is 7.97. The van der Waals surface area contributed by atoms with E-state index in [0.29, 0.717) is 28.3 Å². The highest BCUT2D eigenvalue weighted by Gasteiger charge is 2.24. The normalized spacial score (nSPS) is 11.1. The molecule has 4 aromatic rings. The van der Waals surface area contributed by atoms with Crippen LogP contribution in [-0.2, 0) is 5.41 Å². The summed E-state index contributed by atoms with van der Waals surface area (Å²) in [4.78, 5) is 30.4. The van der Waals surface area contributed by atoms with E-state index >= 15 is 0 Å². The molecule has 0 fully saturated rings. The van der Waals surface area contributed by atoms with Crippen molar-refractivity contribution in [3.05, 3.63) is 118 Å². The minimum Gasteiger partial charge on any atom is -0.506 e. The maximum absolute atomic E-state index is 12.8. The summed E-state index contributed by atoms with van der Waals surface area (Å²) >= 11 is 0. The van der Waals surface area contributed by atoms with E-state index in [1.165, 1.54) is 0 Å². The van der Waals surface area contributed by atoms with Crippen molar-refractivity contribution in [3.63, 3.8) is 0 Å². The second-order valence-corrected chi connectivity index (χ2v) is 9.83. The molecule has 0 bridgehead atoms. The molecule has 0 aliphatic heterocycles. The van der Waals surface area contributed by atoms with Crippen molar-refractivity contribution in [1.82, 2.24) is 0 Å². The first-order valence-electron chi connectivity index (χ1n) is 12.2. The van der Waals surface area contributed by atoms with E-state index in [0.717, 1.165) is 22.3 Å². The van der Waals surface area contributed by atoms with Gasteiger partial charge in [-0.15, -0.1) is 0 Å². The number of nitrogens with two attached hydrogens (primary N) is 1. The molecule has 0 aliphatic rings. The molecule has 0 saturated carbocycles. The van der Waals surface area contributed by atoms with E-state index in [1.54, 1.807) is 54.6 Å². The first-order chi connectivity index (χ1) is 18.1. The Balaban J connectivity index is 1.47. The van der Waals surface area contributed by atoms with Crippen LogP contribution in [0.2, 0.25) is 0 Å². The molecule has 7 nitrogen and oxygen atoms in total. The second kappa shape index (κ2) is 10.8. The minimum atomic E-state index is -0.379. The van der Waals surface area contributed by atoms with Crippen molar-refractivity contribution >= 4 is 23.2 Å². The molecule has 0 spiro atoms. The van der Waals surface area contributed by atoms with Gasteiger partial charge in [0.05, 0.1) is 11.4 Å². The average Bonchev–Trinajstić information content (AvgIpc) is 2.91. The van der Waals surface area contributed by atoms with E-state index in [2.05, 4.69) is 24.5 Å². The predicted octanol–water partition coefficient (Wildman–Crippen LogP) is 6.09. The molecule has 4 aromatic carbocycles. The highest BCUT2D eigenvalue weighted by atomic mass is 16.6. The summed E-state index contributed by atoms with van der Waals surface area (Å²) in [6.07, 6.45) is 0. The molecule has 194 valence electrons. The molecule has 0 unspecified atom stereocenters. The summed E-state index contributed by atoms with van der Waals surface area (Å²) in [7, 11) is 0. The molecule has 7 heteroatoms. The number of carbonyl (C=O) groups is 2. The van der Waals surface area contributed by atoms with Crippen LogP contribution in [0.15, 0.2) is 84.9 Å². The van der Waals surface area contributed by atoms with Crippen LogP contribution < -0.4 is 21.4 Å². The fourth-order valence-corrected chi connectivity index (χ4v) is 4.23. The summed E-state index contributed by atoms with van der Waals surface area (Å²) in [6, 6.07) is 25.2. The maximum atomic E-state index is 12.8. The molecule has 0 aromatic heterocycles. The number of nitrogens with one attached hydrogen (secondary N) is 2. The van der Waals surface area contributed by atoms with Gasteiger partial charge >= 0.3 is 0 Å². The van der Waals surface area contributed by atoms with Gasteiger partial charge in [0.2, 0.25) is 0 Å². The van der Waals surface area contributed by atoms with Crippen LogP contribution in [-0.4, -0.2) is 16.9 Å². The van der Waals surface area contributed by atoms with E-state index in [-0.39, 0.29) is 23.0 Å². The molecule has 5 N–H and O–H groups in total. The van der Waals surface area contributed by atoms with Gasteiger partial charge in [-0.05, 0) is 84.6 Å². The fourth-order valence-electron chi connectivity index (χ4n) is 4.23. The SMILES string of the molecule is Cc1ccc(O)c(NC(=O)c2ccc(C(C)(C)c3ccc(C(=O)Nc4cc(C)ccc4ON)cc3)cc2)c1. The number of phenols is 1. The third-order valence-corrected chi connectivity index (χ3v) is 6.65. The van der Waals surface area contributed by atoms with Gasteiger partial charge in [-0.1, -0.05) is 50.2 Å². The van der Waals surface area contributed by atoms with Crippen LogP contribution in [0.4, 0.5) is 11.4 Å². The Bertz CT molecular complexity index is 1480. The topological polar surface area (TPSA) is 114 Å². The van der Waals surface area contributed by atoms with Gasteiger partial charge in [0.1, 0.15) is 5.75 Å². The van der Waals surface area contributed by atoms with Gasteiger partial charge < -0.3 is 20.6 Å². The molecule has 0 radical (unpaired) electrons. The lowest BCUT2D eigenvalue weighted by Gasteiger charge is -2.26.